The molecule has 0 spiro atoms. The Morgan fingerprint density at radius 1 is 0.789 bits per heavy atom. The Hall–Kier alpha value is -0.640. The maximum absolute atomic E-state index is 3.62. The van der Waals surface area contributed by atoms with Crippen molar-refractivity contribution in [2.75, 3.05) is 0 Å². The first-order valence-electron chi connectivity index (χ1n) is 6.33. The second kappa shape index (κ2) is 6.69. The van der Waals surface area contributed by atoms with Gasteiger partial charge in [-0.3, -0.25) is 0 Å². The van der Waals surface area contributed by atoms with Crippen molar-refractivity contribution in [1.82, 2.24) is 5.32 Å². The van der Waals surface area contributed by atoms with Gasteiger partial charge in [0, 0.05) is 21.0 Å². The van der Waals surface area contributed by atoms with Gasteiger partial charge in [-0.05, 0) is 49.2 Å². The molecule has 1 unspecified atom stereocenters. The monoisotopic (exact) mass is 381 g/mol. The lowest BCUT2D eigenvalue weighted by Gasteiger charge is -2.21. The Morgan fingerprint density at radius 2 is 1.42 bits per heavy atom. The van der Waals surface area contributed by atoms with Crippen LogP contribution < -0.4 is 5.32 Å². The number of halogens is 2. The molecule has 0 amide bonds. The maximum Gasteiger partial charge on any atom is 0.0297 e. The summed E-state index contributed by atoms with van der Waals surface area (Å²) in [5.74, 6) is 0. The van der Waals surface area contributed by atoms with Gasteiger partial charge < -0.3 is 5.32 Å². The maximum atomic E-state index is 3.62. The van der Waals surface area contributed by atoms with Crippen molar-refractivity contribution < 1.29 is 0 Å². The van der Waals surface area contributed by atoms with Crippen molar-refractivity contribution in [1.29, 1.82) is 0 Å². The lowest BCUT2D eigenvalue weighted by atomic mass is 10.0. The predicted molar refractivity (Wildman–Crippen MR) is 88.2 cm³/mol. The van der Waals surface area contributed by atoms with E-state index in [1.165, 1.54) is 11.1 Å². The molecule has 0 aliphatic heterocycles. The highest BCUT2D eigenvalue weighted by Gasteiger charge is 2.11. The van der Waals surface area contributed by atoms with Crippen LogP contribution in [-0.4, -0.2) is 0 Å². The topological polar surface area (TPSA) is 12.0 Å². The number of rotatable bonds is 4. The Labute approximate surface area is 131 Å². The van der Waals surface area contributed by atoms with E-state index >= 15 is 0 Å². The van der Waals surface area contributed by atoms with Gasteiger partial charge in [-0.2, -0.15) is 0 Å². The molecular formula is C16H17Br2N. The Bertz CT molecular complexity index is 537. The van der Waals surface area contributed by atoms with Gasteiger partial charge in [0.15, 0.2) is 0 Å². The SMILES string of the molecule is CC(N[C@H](C)c1cccc(Br)c1)c1ccc(Br)cc1. The average Bonchev–Trinajstić information content (AvgIpc) is 2.39. The Kier molecular flexibility index (Phi) is 5.20. The van der Waals surface area contributed by atoms with E-state index in [0.717, 1.165) is 8.95 Å². The third kappa shape index (κ3) is 4.16. The van der Waals surface area contributed by atoms with E-state index in [1.807, 2.05) is 6.07 Å². The van der Waals surface area contributed by atoms with Gasteiger partial charge in [0.25, 0.3) is 0 Å². The number of hydrogen-bond acceptors (Lipinski definition) is 1. The predicted octanol–water partition coefficient (Wildman–Crippen LogP) is 5.62. The highest BCUT2D eigenvalue weighted by Crippen LogP contribution is 2.22. The van der Waals surface area contributed by atoms with Gasteiger partial charge in [-0.25, -0.2) is 0 Å². The number of nitrogens with one attached hydrogen (secondary N) is 1. The largest absolute Gasteiger partial charge is 0.304 e. The summed E-state index contributed by atoms with van der Waals surface area (Å²) in [5.41, 5.74) is 2.59. The fraction of sp³-hybridized carbons (Fsp3) is 0.250. The number of benzene rings is 2. The quantitative estimate of drug-likeness (QED) is 0.723. The molecule has 0 aromatic heterocycles. The minimum atomic E-state index is 0.316. The van der Waals surface area contributed by atoms with Gasteiger partial charge in [0.05, 0.1) is 0 Å². The standard InChI is InChI=1S/C16H17Br2N/c1-11(13-6-8-15(17)9-7-13)19-12(2)14-4-3-5-16(18)10-14/h3-12,19H,1-2H3/t11?,12-/m1/s1. The van der Waals surface area contributed by atoms with Gasteiger partial charge in [-0.1, -0.05) is 56.1 Å². The van der Waals surface area contributed by atoms with Crippen LogP contribution >= 0.6 is 31.9 Å². The molecule has 2 rings (SSSR count). The lowest BCUT2D eigenvalue weighted by molar-refractivity contribution is 0.494. The molecule has 0 bridgehead atoms. The molecule has 0 saturated heterocycles. The molecule has 0 radical (unpaired) electrons. The van der Waals surface area contributed by atoms with Crippen molar-refractivity contribution in [3.8, 4) is 0 Å². The van der Waals surface area contributed by atoms with E-state index in [0.29, 0.717) is 12.1 Å². The van der Waals surface area contributed by atoms with Crippen LogP contribution in [0.4, 0.5) is 0 Å². The van der Waals surface area contributed by atoms with Crippen molar-refractivity contribution in [3.05, 3.63) is 68.6 Å². The Morgan fingerprint density at radius 3 is 2.05 bits per heavy atom. The fourth-order valence-electron chi connectivity index (χ4n) is 2.09. The fourth-order valence-corrected chi connectivity index (χ4v) is 2.78. The van der Waals surface area contributed by atoms with E-state index in [2.05, 4.69) is 93.5 Å². The second-order valence-corrected chi connectivity index (χ2v) is 6.55. The van der Waals surface area contributed by atoms with Crippen LogP contribution in [-0.2, 0) is 0 Å². The second-order valence-electron chi connectivity index (χ2n) is 4.72. The third-order valence-electron chi connectivity index (χ3n) is 3.22. The normalized spacial score (nSPS) is 14.1. The summed E-state index contributed by atoms with van der Waals surface area (Å²) in [5, 5.41) is 3.62. The Balaban J connectivity index is 2.06. The highest BCUT2D eigenvalue weighted by atomic mass is 79.9. The van der Waals surface area contributed by atoms with Crippen molar-refractivity contribution in [2.24, 2.45) is 0 Å². The van der Waals surface area contributed by atoms with Gasteiger partial charge in [-0.15, -0.1) is 0 Å². The van der Waals surface area contributed by atoms with Gasteiger partial charge >= 0.3 is 0 Å². The summed E-state index contributed by atoms with van der Waals surface area (Å²) in [4.78, 5) is 0. The molecule has 19 heavy (non-hydrogen) atoms. The first-order valence-corrected chi connectivity index (χ1v) is 7.92. The zero-order chi connectivity index (χ0) is 13.8. The van der Waals surface area contributed by atoms with E-state index in [1.54, 1.807) is 0 Å². The summed E-state index contributed by atoms with van der Waals surface area (Å²) in [6.45, 7) is 4.38. The summed E-state index contributed by atoms with van der Waals surface area (Å²) < 4.78 is 2.23. The molecule has 3 heteroatoms. The molecule has 0 saturated carbocycles. The van der Waals surface area contributed by atoms with Gasteiger partial charge in [0.1, 0.15) is 0 Å². The van der Waals surface area contributed by atoms with Crippen LogP contribution in [0.15, 0.2) is 57.5 Å². The molecule has 0 heterocycles. The summed E-state index contributed by atoms with van der Waals surface area (Å²) in [6, 6.07) is 17.5. The molecule has 1 nitrogen and oxygen atoms in total. The van der Waals surface area contributed by atoms with Crippen LogP contribution in [0.2, 0.25) is 0 Å². The van der Waals surface area contributed by atoms with Crippen LogP contribution in [0, 0.1) is 0 Å². The first kappa shape index (κ1) is 14.8. The molecule has 2 aromatic rings. The summed E-state index contributed by atoms with van der Waals surface area (Å²) >= 11 is 6.98. The van der Waals surface area contributed by atoms with E-state index < -0.39 is 0 Å². The molecule has 2 aromatic carbocycles. The molecular weight excluding hydrogens is 366 g/mol. The van der Waals surface area contributed by atoms with Crippen molar-refractivity contribution >= 4 is 31.9 Å². The zero-order valence-corrected chi connectivity index (χ0v) is 14.2. The average molecular weight is 383 g/mol. The summed E-state index contributed by atoms with van der Waals surface area (Å²) in [7, 11) is 0. The zero-order valence-electron chi connectivity index (χ0n) is 11.0. The van der Waals surface area contributed by atoms with Crippen LogP contribution in [0.5, 0.6) is 0 Å². The van der Waals surface area contributed by atoms with Crippen LogP contribution in [0.25, 0.3) is 0 Å². The molecule has 0 aliphatic carbocycles. The molecule has 0 aliphatic rings. The van der Waals surface area contributed by atoms with Crippen LogP contribution in [0.1, 0.15) is 37.1 Å². The van der Waals surface area contributed by atoms with E-state index in [9.17, 15) is 0 Å². The van der Waals surface area contributed by atoms with E-state index in [4.69, 9.17) is 0 Å². The van der Waals surface area contributed by atoms with Crippen molar-refractivity contribution in [2.45, 2.75) is 25.9 Å². The minimum absolute atomic E-state index is 0.316. The molecule has 100 valence electrons. The van der Waals surface area contributed by atoms with Crippen molar-refractivity contribution in [3.63, 3.8) is 0 Å². The van der Waals surface area contributed by atoms with Crippen LogP contribution in [0.3, 0.4) is 0 Å². The van der Waals surface area contributed by atoms with E-state index in [-0.39, 0.29) is 0 Å². The molecule has 1 N–H and O–H groups in total. The number of hydrogen-bond donors (Lipinski definition) is 1. The van der Waals surface area contributed by atoms with Gasteiger partial charge in [0.2, 0.25) is 0 Å². The third-order valence-corrected chi connectivity index (χ3v) is 4.24. The summed E-state index contributed by atoms with van der Waals surface area (Å²) in [6.07, 6.45) is 0. The molecule has 2 atom stereocenters. The highest BCUT2D eigenvalue weighted by molar-refractivity contribution is 9.10. The smallest absolute Gasteiger partial charge is 0.0297 e. The first-order chi connectivity index (χ1) is 9.06. The molecule has 0 fully saturated rings. The lowest BCUT2D eigenvalue weighted by Crippen LogP contribution is -2.22. The minimum Gasteiger partial charge on any atom is -0.304 e.